The molecule has 1 saturated carbocycles. The second-order valence-electron chi connectivity index (χ2n) is 6.94. The van der Waals surface area contributed by atoms with Crippen molar-refractivity contribution in [2.24, 2.45) is 16.5 Å². The minimum absolute atomic E-state index is 0.0142. The maximum Gasteiger partial charge on any atom is 0.238 e. The van der Waals surface area contributed by atoms with Crippen LogP contribution in [0.1, 0.15) is 25.3 Å². The van der Waals surface area contributed by atoms with Crippen molar-refractivity contribution in [2.45, 2.75) is 24.7 Å². The number of amides is 1. The van der Waals surface area contributed by atoms with Gasteiger partial charge in [-0.1, -0.05) is 26.0 Å². The van der Waals surface area contributed by atoms with Crippen LogP contribution in [0.3, 0.4) is 0 Å². The van der Waals surface area contributed by atoms with Crippen LogP contribution in [0.4, 0.5) is 5.69 Å². The molecule has 1 amide bonds. The molecule has 7 nitrogen and oxygen atoms in total. The smallest absolute Gasteiger partial charge is 0.238 e. The number of nitrogens with two attached hydrogens (primary N) is 1. The number of nitrogens with one attached hydrogen (secondary N) is 1. The molecule has 0 spiro atoms. The van der Waals surface area contributed by atoms with Crippen molar-refractivity contribution in [3.05, 3.63) is 48.2 Å². The topological polar surface area (TPSA) is 111 Å². The van der Waals surface area contributed by atoms with Crippen LogP contribution >= 0.6 is 0 Å². The summed E-state index contributed by atoms with van der Waals surface area (Å²) in [7, 11) is -2.24. The lowest BCUT2D eigenvalue weighted by molar-refractivity contribution is -0.118. The lowest BCUT2D eigenvalue weighted by Gasteiger charge is -2.09. The molecule has 3 N–H and O–H groups in total. The Balaban J connectivity index is 1.80. The standard InChI is InChI=1S/C18H21N3O4S/c1-18(2)14(11-6-8-12(9-7-11)26(19,23)24)15(18)16(22)21-13-5-4-10-20-17(13)25-3/h4-10,14-15H,1-3H3,(H,21,22)(H2,19,23,24). The van der Waals surface area contributed by atoms with Gasteiger partial charge in [0.25, 0.3) is 0 Å². The fraction of sp³-hybridized carbons (Fsp3) is 0.333. The van der Waals surface area contributed by atoms with E-state index in [0.717, 1.165) is 5.56 Å². The molecule has 1 fully saturated rings. The SMILES string of the molecule is COc1ncccc1NC(=O)C1C(c2ccc(S(N)(=O)=O)cc2)C1(C)C. The molecule has 0 radical (unpaired) electrons. The zero-order valence-corrected chi connectivity index (χ0v) is 15.6. The Bertz CT molecular complexity index is 939. The van der Waals surface area contributed by atoms with Crippen LogP contribution in [0, 0.1) is 11.3 Å². The molecule has 1 aromatic carbocycles. The third-order valence-corrected chi connectivity index (χ3v) is 5.83. The molecule has 1 heterocycles. The number of hydrogen-bond donors (Lipinski definition) is 2. The van der Waals surface area contributed by atoms with Crippen molar-refractivity contribution in [2.75, 3.05) is 12.4 Å². The van der Waals surface area contributed by atoms with E-state index in [9.17, 15) is 13.2 Å². The maximum absolute atomic E-state index is 12.8. The molecule has 138 valence electrons. The number of benzene rings is 1. The van der Waals surface area contributed by atoms with Gasteiger partial charge in [-0.05, 0) is 35.2 Å². The van der Waals surface area contributed by atoms with Crippen LogP contribution in [0.5, 0.6) is 5.88 Å². The molecular weight excluding hydrogens is 354 g/mol. The van der Waals surface area contributed by atoms with E-state index in [0.29, 0.717) is 11.6 Å². The molecular formula is C18H21N3O4S. The van der Waals surface area contributed by atoms with E-state index in [-0.39, 0.29) is 28.1 Å². The summed E-state index contributed by atoms with van der Waals surface area (Å²) in [4.78, 5) is 16.9. The molecule has 0 bridgehead atoms. The molecule has 2 atom stereocenters. The predicted octanol–water partition coefficient (Wildman–Crippen LogP) is 2.12. The van der Waals surface area contributed by atoms with Gasteiger partial charge in [-0.15, -0.1) is 0 Å². The van der Waals surface area contributed by atoms with Crippen LogP contribution in [0.2, 0.25) is 0 Å². The number of ether oxygens (including phenoxy) is 1. The van der Waals surface area contributed by atoms with Gasteiger partial charge in [0, 0.05) is 12.1 Å². The van der Waals surface area contributed by atoms with Gasteiger partial charge in [0.05, 0.1) is 17.9 Å². The Morgan fingerprint density at radius 1 is 1.23 bits per heavy atom. The molecule has 1 aliphatic rings. The number of methoxy groups -OCH3 is 1. The summed E-state index contributed by atoms with van der Waals surface area (Å²) in [6, 6.07) is 9.82. The van der Waals surface area contributed by atoms with Gasteiger partial charge in [0.15, 0.2) is 0 Å². The Hall–Kier alpha value is -2.45. The Morgan fingerprint density at radius 2 is 1.88 bits per heavy atom. The summed E-state index contributed by atoms with van der Waals surface area (Å²) in [5.74, 6) is -0.0253. The van der Waals surface area contributed by atoms with Crippen LogP contribution < -0.4 is 15.2 Å². The number of nitrogens with zero attached hydrogens (tertiary/aromatic N) is 1. The zero-order valence-electron chi connectivity index (χ0n) is 14.8. The average Bonchev–Trinajstić information content (AvgIpc) is 3.17. The van der Waals surface area contributed by atoms with Crippen molar-refractivity contribution in [1.29, 1.82) is 0 Å². The van der Waals surface area contributed by atoms with Gasteiger partial charge in [0.1, 0.15) is 5.69 Å². The lowest BCUT2D eigenvalue weighted by atomic mass is 10.0. The predicted molar refractivity (Wildman–Crippen MR) is 97.2 cm³/mol. The van der Waals surface area contributed by atoms with E-state index in [4.69, 9.17) is 9.88 Å². The summed E-state index contributed by atoms with van der Waals surface area (Å²) in [6.45, 7) is 4.02. The second kappa shape index (κ2) is 6.37. The van der Waals surface area contributed by atoms with Crippen LogP contribution in [-0.2, 0) is 14.8 Å². The van der Waals surface area contributed by atoms with Crippen LogP contribution in [0.25, 0.3) is 0 Å². The third kappa shape index (κ3) is 3.30. The monoisotopic (exact) mass is 375 g/mol. The Morgan fingerprint density at radius 3 is 2.46 bits per heavy atom. The summed E-state index contributed by atoms with van der Waals surface area (Å²) >= 11 is 0. The van der Waals surface area contributed by atoms with E-state index in [1.165, 1.54) is 19.2 Å². The number of aromatic nitrogens is 1. The highest BCUT2D eigenvalue weighted by Crippen LogP contribution is 2.64. The fourth-order valence-corrected chi connectivity index (χ4v) is 3.99. The molecule has 8 heteroatoms. The number of carbonyl (C=O) groups is 1. The fourth-order valence-electron chi connectivity index (χ4n) is 3.47. The number of hydrogen-bond acceptors (Lipinski definition) is 5. The van der Waals surface area contributed by atoms with E-state index in [1.807, 2.05) is 13.8 Å². The lowest BCUT2D eigenvalue weighted by Crippen LogP contribution is -2.17. The minimum Gasteiger partial charge on any atom is -0.480 e. The third-order valence-electron chi connectivity index (χ3n) is 4.90. The van der Waals surface area contributed by atoms with Gasteiger partial charge in [-0.25, -0.2) is 18.5 Å². The van der Waals surface area contributed by atoms with Crippen LogP contribution in [-0.4, -0.2) is 26.4 Å². The number of sulfonamides is 1. The van der Waals surface area contributed by atoms with E-state index in [2.05, 4.69) is 10.3 Å². The van der Waals surface area contributed by atoms with E-state index >= 15 is 0 Å². The number of primary sulfonamides is 1. The molecule has 2 aromatic rings. The van der Waals surface area contributed by atoms with E-state index in [1.54, 1.807) is 30.5 Å². The first-order valence-electron chi connectivity index (χ1n) is 8.09. The summed E-state index contributed by atoms with van der Waals surface area (Å²) in [5, 5.41) is 8.00. The molecule has 1 aromatic heterocycles. The van der Waals surface area contributed by atoms with Crippen LogP contribution in [0.15, 0.2) is 47.5 Å². The van der Waals surface area contributed by atoms with Crippen molar-refractivity contribution in [3.8, 4) is 5.88 Å². The number of rotatable bonds is 5. The normalized spacial score (nSPS) is 21.1. The summed E-state index contributed by atoms with van der Waals surface area (Å²) < 4.78 is 27.9. The highest BCUT2D eigenvalue weighted by atomic mass is 32.2. The Kier molecular flexibility index (Phi) is 4.49. The second-order valence-corrected chi connectivity index (χ2v) is 8.50. The highest BCUT2D eigenvalue weighted by molar-refractivity contribution is 7.89. The number of carbonyl (C=O) groups excluding carboxylic acids is 1. The average molecular weight is 375 g/mol. The van der Waals surface area contributed by atoms with E-state index < -0.39 is 10.0 Å². The van der Waals surface area contributed by atoms with Gasteiger partial charge < -0.3 is 10.1 Å². The zero-order chi connectivity index (χ0) is 19.1. The Labute approximate surface area is 152 Å². The molecule has 3 rings (SSSR count). The van der Waals surface area contributed by atoms with Crippen molar-refractivity contribution >= 4 is 21.6 Å². The summed E-state index contributed by atoms with van der Waals surface area (Å²) in [6.07, 6.45) is 1.59. The largest absolute Gasteiger partial charge is 0.480 e. The minimum atomic E-state index is -3.73. The summed E-state index contributed by atoms with van der Waals surface area (Å²) in [5.41, 5.74) is 1.18. The molecule has 0 saturated heterocycles. The van der Waals surface area contributed by atoms with Gasteiger partial charge in [-0.2, -0.15) is 0 Å². The van der Waals surface area contributed by atoms with Gasteiger partial charge in [-0.3, -0.25) is 4.79 Å². The molecule has 0 aliphatic heterocycles. The number of anilines is 1. The quantitative estimate of drug-likeness (QED) is 0.831. The van der Waals surface area contributed by atoms with Crippen molar-refractivity contribution in [1.82, 2.24) is 4.98 Å². The highest BCUT2D eigenvalue weighted by Gasteiger charge is 2.62. The van der Waals surface area contributed by atoms with Crippen molar-refractivity contribution < 1.29 is 17.9 Å². The number of pyridine rings is 1. The van der Waals surface area contributed by atoms with Crippen molar-refractivity contribution in [3.63, 3.8) is 0 Å². The first kappa shape index (κ1) is 18.3. The molecule has 26 heavy (non-hydrogen) atoms. The molecule has 1 aliphatic carbocycles. The molecule has 2 unspecified atom stereocenters. The van der Waals surface area contributed by atoms with Gasteiger partial charge in [0.2, 0.25) is 21.8 Å². The first-order valence-corrected chi connectivity index (χ1v) is 9.63. The maximum atomic E-state index is 12.8. The first-order chi connectivity index (χ1) is 12.2. The van der Waals surface area contributed by atoms with Gasteiger partial charge >= 0.3 is 0 Å².